The van der Waals surface area contributed by atoms with Crippen molar-refractivity contribution in [3.63, 3.8) is 0 Å². The summed E-state index contributed by atoms with van der Waals surface area (Å²) in [6.45, 7) is 2.23. The van der Waals surface area contributed by atoms with Gasteiger partial charge in [0.25, 0.3) is 0 Å². The molecule has 0 saturated heterocycles. The first-order valence-electron chi connectivity index (χ1n) is 10.5. The van der Waals surface area contributed by atoms with Gasteiger partial charge in [0.15, 0.2) is 11.6 Å². The predicted octanol–water partition coefficient (Wildman–Crippen LogP) is 5.59. The zero-order valence-electron chi connectivity index (χ0n) is 16.7. The van der Waals surface area contributed by atoms with Gasteiger partial charge < -0.3 is 10.8 Å². The van der Waals surface area contributed by atoms with Crippen LogP contribution in [-0.2, 0) is 0 Å². The first-order valence-corrected chi connectivity index (χ1v) is 11.4. The average Bonchev–Trinajstić information content (AvgIpc) is 2.74. The summed E-state index contributed by atoms with van der Waals surface area (Å²) in [5.41, 5.74) is 7.59. The number of anilines is 1. The molecule has 0 radical (unpaired) electrons. The van der Waals surface area contributed by atoms with Crippen molar-refractivity contribution in [1.29, 1.82) is 0 Å². The largest absolute Gasteiger partial charge is 0.507 e. The van der Waals surface area contributed by atoms with Gasteiger partial charge >= 0.3 is 0 Å². The van der Waals surface area contributed by atoms with E-state index in [-0.39, 0.29) is 28.4 Å². The molecule has 2 aromatic carbocycles. The van der Waals surface area contributed by atoms with E-state index in [1.807, 2.05) is 0 Å². The van der Waals surface area contributed by atoms with Gasteiger partial charge in [-0.2, -0.15) is 0 Å². The fraction of sp³-hybridized carbons (Fsp3) is 0.417. The number of phenols is 1. The van der Waals surface area contributed by atoms with Gasteiger partial charge in [-0.05, 0) is 37.7 Å². The number of hydrogen-bond acceptors (Lipinski definition) is 5. The van der Waals surface area contributed by atoms with Crippen molar-refractivity contribution >= 4 is 29.0 Å². The van der Waals surface area contributed by atoms with Gasteiger partial charge in [-0.1, -0.05) is 50.5 Å². The van der Waals surface area contributed by atoms with Crippen LogP contribution in [0.4, 0.5) is 5.69 Å². The maximum atomic E-state index is 13.1. The Balaban J connectivity index is 1.59. The molecule has 0 spiro atoms. The number of phenolic OH excluding ortho intramolecular Hbond substituents is 1. The molecular weight excluding hydrogens is 382 g/mol. The summed E-state index contributed by atoms with van der Waals surface area (Å²) >= 11 is 1.64. The molecule has 2 aliphatic rings. The molecule has 2 aliphatic carbocycles. The lowest BCUT2D eigenvalue weighted by molar-refractivity contribution is 0.0977. The topological polar surface area (TPSA) is 80.4 Å². The zero-order valence-corrected chi connectivity index (χ0v) is 17.6. The molecule has 0 aliphatic heterocycles. The molecule has 0 unspecified atom stereocenters. The molecule has 29 heavy (non-hydrogen) atoms. The Bertz CT molecular complexity index is 961. The predicted molar refractivity (Wildman–Crippen MR) is 117 cm³/mol. The molecular formula is C24H27NO3S. The molecule has 152 valence electrons. The number of nitrogen functional groups attached to an aromatic ring is 1. The van der Waals surface area contributed by atoms with Gasteiger partial charge in [-0.25, -0.2) is 0 Å². The molecule has 0 amide bonds. The standard InChI is InChI=1S/C24H27NO3S/c1-2-3-6-14-9-11-15(12-10-14)29-19-13-18(26)20-21(22(19)25)24(28)17-8-5-4-7-16(17)23(20)27/h4-5,7-8,13-15,26H,2-3,6,9-12,25H2,1H3. The zero-order chi connectivity index (χ0) is 20.5. The second-order valence-electron chi connectivity index (χ2n) is 8.16. The summed E-state index contributed by atoms with van der Waals surface area (Å²) in [6, 6.07) is 8.29. The van der Waals surface area contributed by atoms with Gasteiger partial charge in [-0.3, -0.25) is 9.59 Å². The van der Waals surface area contributed by atoms with Gasteiger partial charge in [0.05, 0.1) is 16.8 Å². The van der Waals surface area contributed by atoms with Crippen LogP contribution < -0.4 is 5.73 Å². The molecule has 0 heterocycles. The normalized spacial score (nSPS) is 21.0. The first-order chi connectivity index (χ1) is 14.0. The Morgan fingerprint density at radius 2 is 1.66 bits per heavy atom. The second kappa shape index (κ2) is 8.23. The fourth-order valence-electron chi connectivity index (χ4n) is 4.58. The molecule has 4 rings (SSSR count). The molecule has 5 heteroatoms. The Morgan fingerprint density at radius 3 is 2.28 bits per heavy atom. The van der Waals surface area contributed by atoms with E-state index >= 15 is 0 Å². The lowest BCUT2D eigenvalue weighted by atomic mass is 9.83. The number of fused-ring (bicyclic) bond motifs is 2. The van der Waals surface area contributed by atoms with Crippen LogP contribution in [0, 0.1) is 5.92 Å². The number of nitrogens with two attached hydrogens (primary N) is 1. The average molecular weight is 410 g/mol. The highest BCUT2D eigenvalue weighted by Crippen LogP contribution is 2.45. The molecule has 0 aromatic heterocycles. The van der Waals surface area contributed by atoms with Gasteiger partial charge in [-0.15, -0.1) is 11.8 Å². The van der Waals surface area contributed by atoms with E-state index in [4.69, 9.17) is 5.73 Å². The quantitative estimate of drug-likeness (QED) is 0.424. The number of ketones is 2. The molecule has 2 aromatic rings. The maximum absolute atomic E-state index is 13.1. The Morgan fingerprint density at radius 1 is 1.03 bits per heavy atom. The van der Waals surface area contributed by atoms with E-state index in [2.05, 4.69) is 6.92 Å². The molecule has 0 bridgehead atoms. The highest BCUT2D eigenvalue weighted by Gasteiger charge is 2.35. The lowest BCUT2D eigenvalue weighted by Crippen LogP contribution is -2.23. The minimum atomic E-state index is -0.340. The van der Waals surface area contributed by atoms with E-state index in [0.717, 1.165) is 18.8 Å². The third-order valence-corrected chi connectivity index (χ3v) is 7.63. The molecule has 1 saturated carbocycles. The van der Waals surface area contributed by atoms with Crippen molar-refractivity contribution in [1.82, 2.24) is 0 Å². The fourth-order valence-corrected chi connectivity index (χ4v) is 5.86. The van der Waals surface area contributed by atoms with Gasteiger partial charge in [0, 0.05) is 21.3 Å². The summed E-state index contributed by atoms with van der Waals surface area (Å²) in [6.07, 6.45) is 8.53. The van der Waals surface area contributed by atoms with E-state index in [1.165, 1.54) is 32.1 Å². The second-order valence-corrected chi connectivity index (χ2v) is 9.51. The minimum absolute atomic E-state index is 0.0406. The van der Waals surface area contributed by atoms with Crippen LogP contribution in [0.2, 0.25) is 0 Å². The Labute approximate surface area is 175 Å². The van der Waals surface area contributed by atoms with E-state index in [0.29, 0.717) is 27.0 Å². The number of carbonyl (C=O) groups excluding carboxylic acids is 2. The third kappa shape index (κ3) is 3.68. The SMILES string of the molecule is CCCCC1CCC(Sc2cc(O)c3c(c2N)C(=O)c2ccccc2C3=O)CC1. The first kappa shape index (κ1) is 20.0. The van der Waals surface area contributed by atoms with Crippen LogP contribution in [0.25, 0.3) is 0 Å². The number of carbonyl (C=O) groups is 2. The molecule has 3 N–H and O–H groups in total. The summed E-state index contributed by atoms with van der Waals surface area (Å²) in [7, 11) is 0. The van der Waals surface area contributed by atoms with Crippen molar-refractivity contribution in [3.05, 3.63) is 52.6 Å². The van der Waals surface area contributed by atoms with Crippen LogP contribution in [-0.4, -0.2) is 21.9 Å². The van der Waals surface area contributed by atoms with Crippen molar-refractivity contribution in [2.45, 2.75) is 62.0 Å². The highest BCUT2D eigenvalue weighted by atomic mass is 32.2. The van der Waals surface area contributed by atoms with Gasteiger partial charge in [0.1, 0.15) is 5.75 Å². The maximum Gasteiger partial charge on any atom is 0.198 e. The van der Waals surface area contributed by atoms with Crippen molar-refractivity contribution in [2.75, 3.05) is 5.73 Å². The number of thioether (sulfide) groups is 1. The van der Waals surface area contributed by atoms with Crippen LogP contribution in [0.5, 0.6) is 5.75 Å². The van der Waals surface area contributed by atoms with Crippen LogP contribution in [0.15, 0.2) is 35.2 Å². The third-order valence-electron chi connectivity index (χ3n) is 6.23. The van der Waals surface area contributed by atoms with E-state index in [9.17, 15) is 14.7 Å². The van der Waals surface area contributed by atoms with Crippen molar-refractivity contribution < 1.29 is 14.7 Å². The summed E-state index contributed by atoms with van der Waals surface area (Å²) in [5, 5.41) is 11.0. The summed E-state index contributed by atoms with van der Waals surface area (Å²) < 4.78 is 0. The van der Waals surface area contributed by atoms with Crippen LogP contribution in [0.1, 0.15) is 83.7 Å². The molecule has 0 atom stereocenters. The number of rotatable bonds is 5. The van der Waals surface area contributed by atoms with Crippen molar-refractivity contribution in [3.8, 4) is 5.75 Å². The Hall–Kier alpha value is -2.27. The smallest absolute Gasteiger partial charge is 0.198 e. The van der Waals surface area contributed by atoms with Crippen LogP contribution >= 0.6 is 11.8 Å². The monoisotopic (exact) mass is 409 g/mol. The molecule has 1 fully saturated rings. The summed E-state index contributed by atoms with van der Waals surface area (Å²) in [4.78, 5) is 26.6. The minimum Gasteiger partial charge on any atom is -0.507 e. The highest BCUT2D eigenvalue weighted by molar-refractivity contribution is 8.00. The number of hydrogen-bond donors (Lipinski definition) is 2. The van der Waals surface area contributed by atoms with Crippen molar-refractivity contribution in [2.24, 2.45) is 5.92 Å². The Kier molecular flexibility index (Phi) is 5.68. The lowest BCUT2D eigenvalue weighted by Gasteiger charge is -2.29. The number of aromatic hydroxyl groups is 1. The van der Waals surface area contributed by atoms with Gasteiger partial charge in [0.2, 0.25) is 0 Å². The summed E-state index contributed by atoms with van der Waals surface area (Å²) in [5.74, 6) is 0.0408. The molecule has 4 nitrogen and oxygen atoms in total. The number of benzene rings is 2. The van der Waals surface area contributed by atoms with Crippen LogP contribution in [0.3, 0.4) is 0 Å². The number of unbranched alkanes of at least 4 members (excludes halogenated alkanes) is 1. The van der Waals surface area contributed by atoms with E-state index < -0.39 is 0 Å². The van der Waals surface area contributed by atoms with E-state index in [1.54, 1.807) is 42.1 Å².